The molecule has 2 aliphatic rings. The van der Waals surface area contributed by atoms with Gasteiger partial charge in [0.15, 0.2) is 0 Å². The number of rotatable bonds is 2. The summed E-state index contributed by atoms with van der Waals surface area (Å²) in [5, 5.41) is 4.56. The third kappa shape index (κ3) is 2.36. The Morgan fingerprint density at radius 2 is 2.11 bits per heavy atom. The summed E-state index contributed by atoms with van der Waals surface area (Å²) in [5.74, 6) is 0. The molecule has 3 heteroatoms. The van der Waals surface area contributed by atoms with Gasteiger partial charge in [-0.25, -0.2) is 0 Å². The first kappa shape index (κ1) is 12.3. The number of fused-ring (bicyclic) bond motifs is 1. The maximum absolute atomic E-state index is 6.01. The number of halogens is 1. The van der Waals surface area contributed by atoms with Gasteiger partial charge in [-0.15, -0.1) is 0 Å². The van der Waals surface area contributed by atoms with Crippen LogP contribution in [0.1, 0.15) is 31.2 Å². The van der Waals surface area contributed by atoms with E-state index in [1.807, 2.05) is 12.1 Å². The SMILES string of the molecule is Cc1cc(Cl)ccc1NC1CCN2CCCCC12. The topological polar surface area (TPSA) is 15.3 Å². The third-order valence-corrected chi connectivity index (χ3v) is 4.62. The summed E-state index contributed by atoms with van der Waals surface area (Å²) in [6, 6.07) is 7.49. The van der Waals surface area contributed by atoms with Crippen LogP contribution in [0.15, 0.2) is 18.2 Å². The lowest BCUT2D eigenvalue weighted by Crippen LogP contribution is -2.41. The van der Waals surface area contributed by atoms with Crippen molar-refractivity contribution in [2.45, 2.75) is 44.7 Å². The van der Waals surface area contributed by atoms with Crippen LogP contribution in [0.2, 0.25) is 5.02 Å². The zero-order valence-corrected chi connectivity index (χ0v) is 11.7. The second-order valence-corrected chi connectivity index (χ2v) is 6.03. The molecule has 2 nitrogen and oxygen atoms in total. The molecule has 2 fully saturated rings. The van der Waals surface area contributed by atoms with E-state index in [9.17, 15) is 0 Å². The molecule has 0 saturated carbocycles. The summed E-state index contributed by atoms with van der Waals surface area (Å²) in [6.07, 6.45) is 5.39. The molecule has 1 N–H and O–H groups in total. The Balaban J connectivity index is 1.72. The van der Waals surface area contributed by atoms with Crippen molar-refractivity contribution >= 4 is 17.3 Å². The Bertz CT molecular complexity index is 433. The fourth-order valence-corrected chi connectivity index (χ4v) is 3.63. The molecule has 1 aromatic carbocycles. The number of anilines is 1. The molecule has 0 radical (unpaired) electrons. The van der Waals surface area contributed by atoms with Crippen molar-refractivity contribution in [3.8, 4) is 0 Å². The first-order valence-corrected chi connectivity index (χ1v) is 7.38. The van der Waals surface area contributed by atoms with Gasteiger partial charge < -0.3 is 5.32 Å². The Morgan fingerprint density at radius 3 is 2.94 bits per heavy atom. The van der Waals surface area contributed by atoms with Gasteiger partial charge in [-0.1, -0.05) is 18.0 Å². The second kappa shape index (κ2) is 5.10. The van der Waals surface area contributed by atoms with Crippen molar-refractivity contribution in [1.82, 2.24) is 4.90 Å². The van der Waals surface area contributed by atoms with E-state index < -0.39 is 0 Å². The summed E-state index contributed by atoms with van der Waals surface area (Å²) in [7, 11) is 0. The Morgan fingerprint density at radius 1 is 1.22 bits per heavy atom. The largest absolute Gasteiger partial charge is 0.380 e. The summed E-state index contributed by atoms with van der Waals surface area (Å²) in [6.45, 7) is 4.68. The zero-order valence-electron chi connectivity index (χ0n) is 11.0. The van der Waals surface area contributed by atoms with Crippen LogP contribution in [-0.2, 0) is 0 Å². The summed E-state index contributed by atoms with van der Waals surface area (Å²) in [5.41, 5.74) is 2.49. The molecule has 2 saturated heterocycles. The molecule has 2 aliphatic heterocycles. The number of nitrogens with zero attached hydrogens (tertiary/aromatic N) is 1. The van der Waals surface area contributed by atoms with E-state index in [2.05, 4.69) is 23.2 Å². The van der Waals surface area contributed by atoms with E-state index in [1.165, 1.54) is 50.0 Å². The molecule has 0 amide bonds. The molecule has 2 atom stereocenters. The number of aryl methyl sites for hydroxylation is 1. The predicted molar refractivity (Wildman–Crippen MR) is 77.4 cm³/mol. The molecule has 98 valence electrons. The lowest BCUT2D eigenvalue weighted by Gasteiger charge is -2.33. The van der Waals surface area contributed by atoms with Crippen molar-refractivity contribution in [2.24, 2.45) is 0 Å². The van der Waals surface area contributed by atoms with Crippen LogP contribution in [0, 0.1) is 6.92 Å². The number of benzene rings is 1. The van der Waals surface area contributed by atoms with Gasteiger partial charge in [-0.05, 0) is 56.5 Å². The molecule has 0 spiro atoms. The van der Waals surface area contributed by atoms with Gasteiger partial charge in [0.25, 0.3) is 0 Å². The van der Waals surface area contributed by atoms with E-state index in [0.717, 1.165) is 11.1 Å². The molecule has 0 bridgehead atoms. The van der Waals surface area contributed by atoms with Gasteiger partial charge >= 0.3 is 0 Å². The average molecular weight is 265 g/mol. The van der Waals surface area contributed by atoms with E-state index in [0.29, 0.717) is 6.04 Å². The molecule has 0 aromatic heterocycles. The Labute approximate surface area is 114 Å². The van der Waals surface area contributed by atoms with Crippen LogP contribution in [0.4, 0.5) is 5.69 Å². The maximum Gasteiger partial charge on any atom is 0.0429 e. The molecule has 2 heterocycles. The van der Waals surface area contributed by atoms with Crippen LogP contribution in [0.25, 0.3) is 0 Å². The van der Waals surface area contributed by atoms with E-state index in [4.69, 9.17) is 11.6 Å². The van der Waals surface area contributed by atoms with E-state index in [-0.39, 0.29) is 0 Å². The highest BCUT2D eigenvalue weighted by Gasteiger charge is 2.35. The number of hydrogen-bond acceptors (Lipinski definition) is 2. The quantitative estimate of drug-likeness (QED) is 0.877. The zero-order chi connectivity index (χ0) is 12.5. The normalized spacial score (nSPS) is 28.1. The Kier molecular flexibility index (Phi) is 3.49. The highest BCUT2D eigenvalue weighted by molar-refractivity contribution is 6.30. The molecule has 18 heavy (non-hydrogen) atoms. The molecular formula is C15H21ClN2. The van der Waals surface area contributed by atoms with E-state index in [1.54, 1.807) is 0 Å². The lowest BCUT2D eigenvalue weighted by atomic mass is 9.98. The van der Waals surface area contributed by atoms with E-state index >= 15 is 0 Å². The molecule has 0 aliphatic carbocycles. The van der Waals surface area contributed by atoms with Crippen LogP contribution < -0.4 is 5.32 Å². The minimum atomic E-state index is 0.616. The average Bonchev–Trinajstić information content (AvgIpc) is 2.76. The van der Waals surface area contributed by atoms with Gasteiger partial charge in [0.2, 0.25) is 0 Å². The van der Waals surface area contributed by atoms with Crippen LogP contribution in [-0.4, -0.2) is 30.1 Å². The number of nitrogens with one attached hydrogen (secondary N) is 1. The van der Waals surface area contributed by atoms with Crippen molar-refractivity contribution in [1.29, 1.82) is 0 Å². The van der Waals surface area contributed by atoms with Gasteiger partial charge in [0.05, 0.1) is 0 Å². The van der Waals surface area contributed by atoms with Gasteiger partial charge in [0.1, 0.15) is 0 Å². The second-order valence-electron chi connectivity index (χ2n) is 5.60. The van der Waals surface area contributed by atoms with Crippen molar-refractivity contribution in [2.75, 3.05) is 18.4 Å². The van der Waals surface area contributed by atoms with Crippen LogP contribution in [0.5, 0.6) is 0 Å². The van der Waals surface area contributed by atoms with Gasteiger partial charge in [0, 0.05) is 29.3 Å². The molecule has 3 rings (SSSR count). The van der Waals surface area contributed by atoms with Crippen LogP contribution >= 0.6 is 11.6 Å². The first-order chi connectivity index (χ1) is 8.74. The minimum absolute atomic E-state index is 0.616. The summed E-state index contributed by atoms with van der Waals surface area (Å²) < 4.78 is 0. The third-order valence-electron chi connectivity index (χ3n) is 4.39. The molecule has 2 unspecified atom stereocenters. The first-order valence-electron chi connectivity index (χ1n) is 7.01. The van der Waals surface area contributed by atoms with Gasteiger partial charge in [-0.3, -0.25) is 4.90 Å². The molecule has 1 aromatic rings. The van der Waals surface area contributed by atoms with Crippen molar-refractivity contribution in [3.05, 3.63) is 28.8 Å². The molecular weight excluding hydrogens is 244 g/mol. The Hall–Kier alpha value is -0.730. The summed E-state index contributed by atoms with van der Waals surface area (Å²) >= 11 is 6.01. The monoisotopic (exact) mass is 264 g/mol. The number of piperidine rings is 1. The van der Waals surface area contributed by atoms with Crippen molar-refractivity contribution in [3.63, 3.8) is 0 Å². The van der Waals surface area contributed by atoms with Gasteiger partial charge in [-0.2, -0.15) is 0 Å². The number of hydrogen-bond donors (Lipinski definition) is 1. The fraction of sp³-hybridized carbons (Fsp3) is 0.600. The standard InChI is InChI=1S/C15H21ClN2/c1-11-10-12(16)5-6-13(11)17-14-7-9-18-8-3-2-4-15(14)18/h5-6,10,14-15,17H,2-4,7-9H2,1H3. The highest BCUT2D eigenvalue weighted by Crippen LogP contribution is 2.30. The van der Waals surface area contributed by atoms with Crippen LogP contribution in [0.3, 0.4) is 0 Å². The maximum atomic E-state index is 6.01. The fourth-order valence-electron chi connectivity index (χ4n) is 3.40. The summed E-state index contributed by atoms with van der Waals surface area (Å²) in [4.78, 5) is 2.66. The van der Waals surface area contributed by atoms with Crippen molar-refractivity contribution < 1.29 is 0 Å². The predicted octanol–water partition coefficient (Wildman–Crippen LogP) is 3.69. The smallest absolute Gasteiger partial charge is 0.0429 e. The highest BCUT2D eigenvalue weighted by atomic mass is 35.5. The minimum Gasteiger partial charge on any atom is -0.380 e. The lowest BCUT2D eigenvalue weighted by molar-refractivity contribution is 0.193.